The highest BCUT2D eigenvalue weighted by atomic mass is 16.5. The number of furan rings is 1. The molecule has 3 rings (SSSR count). The molecule has 0 atom stereocenters. The molecule has 0 spiro atoms. The van der Waals surface area contributed by atoms with Gasteiger partial charge in [0.25, 0.3) is 0 Å². The number of nitrogens with two attached hydrogens (primary N) is 1. The first kappa shape index (κ1) is 21.4. The molecule has 0 aliphatic rings. The highest BCUT2D eigenvalue weighted by molar-refractivity contribution is 6.06. The van der Waals surface area contributed by atoms with E-state index in [1.807, 2.05) is 30.5 Å². The molecule has 1 amide bonds. The first-order chi connectivity index (χ1) is 14.5. The second-order valence-corrected chi connectivity index (χ2v) is 6.89. The number of carbonyl (C=O) groups is 2. The third-order valence-corrected chi connectivity index (χ3v) is 4.91. The van der Waals surface area contributed by atoms with Crippen LogP contribution in [0, 0.1) is 6.92 Å². The summed E-state index contributed by atoms with van der Waals surface area (Å²) in [5.41, 5.74) is 4.44. The van der Waals surface area contributed by atoms with Gasteiger partial charge in [-0.2, -0.15) is 0 Å². The van der Waals surface area contributed by atoms with Crippen molar-refractivity contribution in [3.05, 3.63) is 53.1 Å². The Kier molecular flexibility index (Phi) is 6.79. The van der Waals surface area contributed by atoms with E-state index in [-0.39, 0.29) is 18.3 Å². The molecule has 1 aromatic carbocycles. The summed E-state index contributed by atoms with van der Waals surface area (Å²) in [5.74, 6) is 5.44. The Balaban J connectivity index is 1.89. The normalized spacial score (nSPS) is 10.9. The number of nitrogens with zero attached hydrogens (tertiary/aromatic N) is 1. The lowest BCUT2D eigenvalue weighted by Crippen LogP contribution is -2.29. The van der Waals surface area contributed by atoms with E-state index in [0.29, 0.717) is 23.7 Å². The summed E-state index contributed by atoms with van der Waals surface area (Å²) in [6.45, 7) is 7.14. The molecule has 0 fully saturated rings. The number of hydrazine groups is 1. The minimum absolute atomic E-state index is 0.111. The Morgan fingerprint density at radius 3 is 2.70 bits per heavy atom. The highest BCUT2D eigenvalue weighted by Gasteiger charge is 2.21. The average Bonchev–Trinajstić information content (AvgIpc) is 3.32. The van der Waals surface area contributed by atoms with Gasteiger partial charge in [0, 0.05) is 23.1 Å². The fourth-order valence-corrected chi connectivity index (χ4v) is 3.42. The SMILES string of the molecule is CCCCn1c(C)c(C(=O)OCC)c2cc(OCc3ccc(C(=O)NN)o3)ccc21. The van der Waals surface area contributed by atoms with E-state index >= 15 is 0 Å². The molecule has 2 heterocycles. The molecule has 8 heteroatoms. The second kappa shape index (κ2) is 9.49. The lowest BCUT2D eigenvalue weighted by atomic mass is 10.1. The van der Waals surface area contributed by atoms with E-state index in [4.69, 9.17) is 19.7 Å². The van der Waals surface area contributed by atoms with Crippen LogP contribution >= 0.6 is 0 Å². The van der Waals surface area contributed by atoms with Crippen LogP contribution in [-0.4, -0.2) is 23.1 Å². The van der Waals surface area contributed by atoms with Gasteiger partial charge in [0.1, 0.15) is 18.1 Å². The number of nitrogens with one attached hydrogen (secondary N) is 1. The molecular weight excluding hydrogens is 386 g/mol. The molecule has 2 aromatic heterocycles. The summed E-state index contributed by atoms with van der Waals surface area (Å²) >= 11 is 0. The van der Waals surface area contributed by atoms with Gasteiger partial charge in [-0.1, -0.05) is 13.3 Å². The van der Waals surface area contributed by atoms with Crippen LogP contribution in [-0.2, 0) is 17.9 Å². The van der Waals surface area contributed by atoms with Crippen molar-refractivity contribution in [3.8, 4) is 5.75 Å². The Morgan fingerprint density at radius 2 is 2.00 bits per heavy atom. The standard InChI is InChI=1S/C22H27N3O5/c1-4-6-11-25-14(3)20(22(27)28-5-2)17-12-15(7-9-18(17)25)29-13-16-8-10-19(30-16)21(26)24-23/h7-10,12H,4-6,11,13,23H2,1-3H3,(H,24,26). The molecule has 0 radical (unpaired) electrons. The van der Waals surface area contributed by atoms with Crippen LogP contribution < -0.4 is 16.0 Å². The van der Waals surface area contributed by atoms with Crippen LogP contribution in [0.15, 0.2) is 34.7 Å². The van der Waals surface area contributed by atoms with Crippen LogP contribution in [0.1, 0.15) is 59.1 Å². The second-order valence-electron chi connectivity index (χ2n) is 6.89. The third kappa shape index (κ3) is 4.33. The number of esters is 1. The topological polar surface area (TPSA) is 109 Å². The van der Waals surface area contributed by atoms with Crippen molar-refractivity contribution in [1.29, 1.82) is 0 Å². The number of aryl methyl sites for hydroxylation is 1. The number of nitrogen functional groups attached to an aromatic ring is 1. The van der Waals surface area contributed by atoms with Crippen molar-refractivity contribution < 1.29 is 23.5 Å². The molecule has 160 valence electrons. The van der Waals surface area contributed by atoms with Gasteiger partial charge >= 0.3 is 11.9 Å². The monoisotopic (exact) mass is 413 g/mol. The number of unbranched alkanes of at least 4 members (excludes halogenated alkanes) is 1. The van der Waals surface area contributed by atoms with Crippen LogP contribution in [0.25, 0.3) is 10.9 Å². The molecule has 8 nitrogen and oxygen atoms in total. The maximum absolute atomic E-state index is 12.6. The molecule has 0 bridgehead atoms. The number of fused-ring (bicyclic) bond motifs is 1. The van der Waals surface area contributed by atoms with Gasteiger partial charge in [-0.25, -0.2) is 10.6 Å². The molecule has 3 N–H and O–H groups in total. The van der Waals surface area contributed by atoms with Gasteiger partial charge < -0.3 is 18.5 Å². The van der Waals surface area contributed by atoms with Crippen LogP contribution in [0.5, 0.6) is 5.75 Å². The first-order valence-electron chi connectivity index (χ1n) is 10.0. The van der Waals surface area contributed by atoms with Gasteiger partial charge in [-0.05, 0) is 50.6 Å². The zero-order valence-corrected chi connectivity index (χ0v) is 17.5. The van der Waals surface area contributed by atoms with Crippen LogP contribution in [0.2, 0.25) is 0 Å². The van der Waals surface area contributed by atoms with E-state index < -0.39 is 5.91 Å². The molecule has 0 aliphatic carbocycles. The van der Waals surface area contributed by atoms with E-state index in [0.717, 1.165) is 36.0 Å². The van der Waals surface area contributed by atoms with Crippen molar-refractivity contribution in [2.75, 3.05) is 6.61 Å². The number of carbonyl (C=O) groups excluding carboxylic acids is 2. The molecule has 0 saturated carbocycles. The van der Waals surface area contributed by atoms with Gasteiger partial charge in [0.2, 0.25) is 0 Å². The number of rotatable bonds is 9. The van der Waals surface area contributed by atoms with Crippen LogP contribution in [0.4, 0.5) is 0 Å². The number of hydrogen-bond acceptors (Lipinski definition) is 6. The molecule has 0 unspecified atom stereocenters. The Hall–Kier alpha value is -3.26. The maximum atomic E-state index is 12.6. The number of benzene rings is 1. The van der Waals surface area contributed by atoms with E-state index in [2.05, 4.69) is 11.5 Å². The molecule has 0 saturated heterocycles. The molecule has 30 heavy (non-hydrogen) atoms. The van der Waals surface area contributed by atoms with E-state index in [9.17, 15) is 9.59 Å². The number of hydrogen-bond donors (Lipinski definition) is 2. The summed E-state index contributed by atoms with van der Waals surface area (Å²) in [6.07, 6.45) is 2.07. The zero-order valence-electron chi connectivity index (χ0n) is 17.5. The molecular formula is C22H27N3O5. The predicted octanol–water partition coefficient (Wildman–Crippen LogP) is 3.70. The van der Waals surface area contributed by atoms with Crippen molar-refractivity contribution in [3.63, 3.8) is 0 Å². The van der Waals surface area contributed by atoms with E-state index in [1.165, 1.54) is 6.07 Å². The van der Waals surface area contributed by atoms with Gasteiger partial charge in [-0.3, -0.25) is 10.2 Å². The van der Waals surface area contributed by atoms with E-state index in [1.54, 1.807) is 13.0 Å². The lowest BCUT2D eigenvalue weighted by molar-refractivity contribution is 0.0527. The Labute approximate surface area is 174 Å². The minimum atomic E-state index is -0.509. The summed E-state index contributed by atoms with van der Waals surface area (Å²) in [6, 6.07) is 8.83. The first-order valence-corrected chi connectivity index (χ1v) is 10.0. The largest absolute Gasteiger partial charge is 0.486 e. The van der Waals surface area contributed by atoms with Crippen molar-refractivity contribution >= 4 is 22.8 Å². The van der Waals surface area contributed by atoms with Gasteiger partial charge in [-0.15, -0.1) is 0 Å². The number of aromatic nitrogens is 1. The quantitative estimate of drug-likeness (QED) is 0.240. The van der Waals surface area contributed by atoms with Crippen molar-refractivity contribution in [1.82, 2.24) is 9.99 Å². The van der Waals surface area contributed by atoms with Gasteiger partial charge in [0.15, 0.2) is 5.76 Å². The zero-order chi connectivity index (χ0) is 21.7. The smallest absolute Gasteiger partial charge is 0.340 e. The third-order valence-electron chi connectivity index (χ3n) is 4.91. The lowest BCUT2D eigenvalue weighted by Gasteiger charge is -2.08. The fourth-order valence-electron chi connectivity index (χ4n) is 3.42. The Morgan fingerprint density at radius 1 is 1.20 bits per heavy atom. The van der Waals surface area contributed by atoms with Crippen LogP contribution in [0.3, 0.4) is 0 Å². The maximum Gasteiger partial charge on any atom is 0.340 e. The van der Waals surface area contributed by atoms with Gasteiger partial charge in [0.05, 0.1) is 12.2 Å². The Bertz CT molecular complexity index is 1050. The summed E-state index contributed by atoms with van der Waals surface area (Å²) < 4.78 is 18.7. The fraction of sp³-hybridized carbons (Fsp3) is 0.364. The van der Waals surface area contributed by atoms with Crippen molar-refractivity contribution in [2.45, 2.75) is 46.8 Å². The summed E-state index contributed by atoms with van der Waals surface area (Å²) in [5, 5.41) is 0.794. The molecule has 3 aromatic rings. The summed E-state index contributed by atoms with van der Waals surface area (Å²) in [4.78, 5) is 24.1. The average molecular weight is 413 g/mol. The molecule has 0 aliphatic heterocycles. The highest BCUT2D eigenvalue weighted by Crippen LogP contribution is 2.31. The summed E-state index contributed by atoms with van der Waals surface area (Å²) in [7, 11) is 0. The number of ether oxygens (including phenoxy) is 2. The number of amides is 1. The predicted molar refractivity (Wildman–Crippen MR) is 112 cm³/mol. The minimum Gasteiger partial charge on any atom is -0.486 e. The van der Waals surface area contributed by atoms with Crippen molar-refractivity contribution in [2.24, 2.45) is 5.84 Å².